The number of piperazine rings is 1. The van der Waals surface area contributed by atoms with Crippen molar-refractivity contribution >= 4 is 37.3 Å². The molecule has 0 saturated carbocycles. The Morgan fingerprint density at radius 2 is 1.80 bits per heavy atom. The first-order valence-electron chi connectivity index (χ1n) is 7.95. The van der Waals surface area contributed by atoms with E-state index in [0.29, 0.717) is 26.2 Å². The maximum absolute atomic E-state index is 11.6. The van der Waals surface area contributed by atoms with Gasteiger partial charge in [-0.25, -0.2) is 13.4 Å². The first-order chi connectivity index (χ1) is 11.9. The SMILES string of the molecule is CS(=O)(=O)N1CCN(c2ccc3nc4ccc(=O)cc-4sc3c2)CC1. The van der Waals surface area contributed by atoms with E-state index < -0.39 is 10.0 Å². The minimum Gasteiger partial charge on any atom is -0.369 e. The number of nitrogens with zero attached hydrogens (tertiary/aromatic N) is 3. The quantitative estimate of drug-likeness (QED) is 0.639. The molecule has 1 aromatic rings. The number of aromatic nitrogens is 1. The third-order valence-corrected chi connectivity index (χ3v) is 6.81. The predicted molar refractivity (Wildman–Crippen MR) is 101 cm³/mol. The van der Waals surface area contributed by atoms with Crippen molar-refractivity contribution in [3.8, 4) is 10.6 Å². The lowest BCUT2D eigenvalue weighted by Gasteiger charge is -2.34. The summed E-state index contributed by atoms with van der Waals surface area (Å²) in [6, 6.07) is 11.0. The van der Waals surface area contributed by atoms with E-state index >= 15 is 0 Å². The molecule has 0 N–H and O–H groups in total. The number of anilines is 1. The van der Waals surface area contributed by atoms with E-state index in [9.17, 15) is 13.2 Å². The Bertz CT molecular complexity index is 1070. The molecule has 0 atom stereocenters. The molecule has 1 aliphatic carbocycles. The Hall–Kier alpha value is -2.03. The van der Waals surface area contributed by atoms with Crippen molar-refractivity contribution < 1.29 is 8.42 Å². The minimum atomic E-state index is -3.13. The molecule has 0 spiro atoms. The number of hydrogen-bond acceptors (Lipinski definition) is 6. The van der Waals surface area contributed by atoms with Gasteiger partial charge in [0.05, 0.1) is 27.0 Å². The van der Waals surface area contributed by atoms with E-state index in [2.05, 4.69) is 16.0 Å². The molecule has 0 aromatic heterocycles. The smallest absolute Gasteiger partial charge is 0.211 e. The van der Waals surface area contributed by atoms with Crippen molar-refractivity contribution in [3.05, 3.63) is 46.6 Å². The maximum Gasteiger partial charge on any atom is 0.211 e. The molecule has 0 amide bonds. The molecule has 0 bridgehead atoms. The molecule has 3 aliphatic rings. The first-order valence-corrected chi connectivity index (χ1v) is 10.6. The van der Waals surface area contributed by atoms with Crippen LogP contribution >= 0.6 is 11.3 Å². The molecule has 6 nitrogen and oxygen atoms in total. The van der Waals surface area contributed by atoms with Crippen LogP contribution in [0, 0.1) is 0 Å². The Kier molecular flexibility index (Phi) is 3.98. The molecule has 0 unspecified atom stereocenters. The van der Waals surface area contributed by atoms with Crippen LogP contribution in [0.2, 0.25) is 0 Å². The number of benzene rings is 2. The van der Waals surface area contributed by atoms with Crippen LogP contribution in [0.1, 0.15) is 0 Å². The summed E-state index contributed by atoms with van der Waals surface area (Å²) in [5, 5.41) is 0. The highest BCUT2D eigenvalue weighted by Crippen LogP contribution is 2.32. The van der Waals surface area contributed by atoms with E-state index in [4.69, 9.17) is 0 Å². The second-order valence-electron chi connectivity index (χ2n) is 6.14. The second kappa shape index (κ2) is 6.05. The lowest BCUT2D eigenvalue weighted by molar-refractivity contribution is 0.388. The van der Waals surface area contributed by atoms with Crippen molar-refractivity contribution in [1.29, 1.82) is 0 Å². The largest absolute Gasteiger partial charge is 0.369 e. The van der Waals surface area contributed by atoms with Crippen LogP contribution in [-0.2, 0) is 10.0 Å². The summed E-state index contributed by atoms with van der Waals surface area (Å²) in [5.74, 6) is 0. The normalized spacial score (nSPS) is 16.6. The Balaban J connectivity index is 1.67. The van der Waals surface area contributed by atoms with E-state index in [1.54, 1.807) is 23.5 Å². The van der Waals surface area contributed by atoms with Gasteiger partial charge >= 0.3 is 0 Å². The fourth-order valence-electron chi connectivity index (χ4n) is 3.07. The molecule has 2 heterocycles. The van der Waals surface area contributed by atoms with Gasteiger partial charge in [0.15, 0.2) is 5.43 Å². The van der Waals surface area contributed by atoms with Gasteiger partial charge in [-0.15, -0.1) is 11.3 Å². The Morgan fingerprint density at radius 1 is 1.04 bits per heavy atom. The molecule has 1 aromatic carbocycles. The number of hydrogen-bond donors (Lipinski definition) is 0. The standard InChI is InChI=1S/C17H17N3O3S2/c1-25(22,23)20-8-6-19(7-9-20)12-2-4-14-16(10-12)24-17-11-13(21)3-5-15(17)18-14/h2-5,10-11H,6-9H2,1H3. The maximum atomic E-state index is 11.6. The van der Waals surface area contributed by atoms with Crippen LogP contribution < -0.4 is 10.3 Å². The molecule has 0 radical (unpaired) electrons. The van der Waals surface area contributed by atoms with Crippen molar-refractivity contribution in [2.75, 3.05) is 37.3 Å². The highest BCUT2D eigenvalue weighted by molar-refractivity contribution is 7.88. The molecule has 2 aliphatic heterocycles. The summed E-state index contributed by atoms with van der Waals surface area (Å²) in [6.45, 7) is 2.32. The van der Waals surface area contributed by atoms with Crippen molar-refractivity contribution in [2.45, 2.75) is 0 Å². The van der Waals surface area contributed by atoms with Gasteiger partial charge in [0, 0.05) is 37.9 Å². The summed E-state index contributed by atoms with van der Waals surface area (Å²) in [4.78, 5) is 19.2. The summed E-state index contributed by atoms with van der Waals surface area (Å²) in [7, 11) is -3.13. The van der Waals surface area contributed by atoms with E-state index in [0.717, 1.165) is 26.5 Å². The number of fused-ring (bicyclic) bond motifs is 2. The summed E-state index contributed by atoms with van der Waals surface area (Å²) >= 11 is 1.55. The van der Waals surface area contributed by atoms with E-state index in [1.807, 2.05) is 12.1 Å². The third kappa shape index (κ3) is 3.24. The lowest BCUT2D eigenvalue weighted by Crippen LogP contribution is -2.48. The van der Waals surface area contributed by atoms with Gasteiger partial charge in [-0.05, 0) is 30.3 Å². The third-order valence-electron chi connectivity index (χ3n) is 4.41. The molecule has 4 rings (SSSR count). The van der Waals surface area contributed by atoms with Gasteiger partial charge in [-0.2, -0.15) is 4.31 Å². The van der Waals surface area contributed by atoms with E-state index in [-0.39, 0.29) is 5.43 Å². The van der Waals surface area contributed by atoms with Crippen LogP contribution in [0.5, 0.6) is 0 Å². The highest BCUT2D eigenvalue weighted by Gasteiger charge is 2.23. The highest BCUT2D eigenvalue weighted by atomic mass is 32.2. The van der Waals surface area contributed by atoms with Crippen LogP contribution in [0.15, 0.2) is 41.2 Å². The molecular formula is C17H17N3O3S2. The van der Waals surface area contributed by atoms with Crippen molar-refractivity contribution in [3.63, 3.8) is 0 Å². The van der Waals surface area contributed by atoms with Gasteiger partial charge in [-0.3, -0.25) is 4.79 Å². The summed E-state index contributed by atoms with van der Waals surface area (Å²) in [5.41, 5.74) is 2.76. The lowest BCUT2D eigenvalue weighted by atomic mass is 10.2. The Labute approximate surface area is 149 Å². The average Bonchev–Trinajstić information content (AvgIpc) is 2.59. The second-order valence-corrected chi connectivity index (χ2v) is 9.21. The zero-order valence-electron chi connectivity index (χ0n) is 13.7. The van der Waals surface area contributed by atoms with Gasteiger partial charge in [0.1, 0.15) is 0 Å². The Morgan fingerprint density at radius 3 is 2.52 bits per heavy atom. The first kappa shape index (κ1) is 16.4. The monoisotopic (exact) mass is 375 g/mol. The average molecular weight is 375 g/mol. The summed E-state index contributed by atoms with van der Waals surface area (Å²) < 4.78 is 25.8. The van der Waals surface area contributed by atoms with Crippen LogP contribution in [0.4, 0.5) is 5.69 Å². The minimum absolute atomic E-state index is 0.0158. The summed E-state index contributed by atoms with van der Waals surface area (Å²) in [6.07, 6.45) is 1.25. The van der Waals surface area contributed by atoms with Gasteiger partial charge in [0.2, 0.25) is 10.0 Å². The molecular weight excluding hydrogens is 358 g/mol. The molecule has 1 saturated heterocycles. The zero-order valence-corrected chi connectivity index (χ0v) is 15.3. The fraction of sp³-hybridized carbons (Fsp3) is 0.294. The van der Waals surface area contributed by atoms with Crippen LogP contribution in [-0.4, -0.2) is 50.1 Å². The van der Waals surface area contributed by atoms with Crippen molar-refractivity contribution in [2.24, 2.45) is 0 Å². The fourth-order valence-corrected chi connectivity index (χ4v) is 4.92. The zero-order chi connectivity index (χ0) is 17.6. The van der Waals surface area contributed by atoms with Gasteiger partial charge < -0.3 is 4.90 Å². The predicted octanol–water partition coefficient (Wildman–Crippen LogP) is 1.84. The van der Waals surface area contributed by atoms with Crippen LogP contribution in [0.25, 0.3) is 20.8 Å². The van der Waals surface area contributed by atoms with Crippen molar-refractivity contribution in [1.82, 2.24) is 9.29 Å². The molecule has 8 heteroatoms. The van der Waals surface area contributed by atoms with Gasteiger partial charge in [-0.1, -0.05) is 0 Å². The molecule has 130 valence electrons. The van der Waals surface area contributed by atoms with Crippen LogP contribution in [0.3, 0.4) is 0 Å². The number of rotatable bonds is 2. The topological polar surface area (TPSA) is 70.6 Å². The van der Waals surface area contributed by atoms with E-state index in [1.165, 1.54) is 16.6 Å². The van der Waals surface area contributed by atoms with Gasteiger partial charge in [0.25, 0.3) is 0 Å². The number of sulfonamides is 1. The molecule has 1 fully saturated rings. The molecule has 25 heavy (non-hydrogen) atoms.